The summed E-state index contributed by atoms with van der Waals surface area (Å²) in [5.41, 5.74) is 10.8. The maximum atomic E-state index is 13.6. The second-order valence-corrected chi connectivity index (χ2v) is 10.3. The number of anilines is 2. The molecular weight excluding hydrogens is 516 g/mol. The van der Waals surface area contributed by atoms with Crippen molar-refractivity contribution in [3.63, 3.8) is 0 Å². The molecule has 0 aliphatic carbocycles. The Balaban J connectivity index is 1.49. The second kappa shape index (κ2) is 11.3. The monoisotopic (exact) mass is 546 g/mol. The molecular formula is C28H31ClN8O2. The van der Waals surface area contributed by atoms with Crippen LogP contribution >= 0.6 is 11.6 Å². The van der Waals surface area contributed by atoms with Crippen LogP contribution in [0.4, 0.5) is 11.4 Å². The number of rotatable bonds is 4. The normalized spacial score (nSPS) is 20.1. The summed E-state index contributed by atoms with van der Waals surface area (Å²) >= 11 is 6.31. The Hall–Kier alpha value is -4.15. The van der Waals surface area contributed by atoms with Crippen LogP contribution in [0.1, 0.15) is 49.9 Å². The number of hydrazine groups is 1. The van der Waals surface area contributed by atoms with Gasteiger partial charge in [0.05, 0.1) is 35.0 Å². The molecule has 0 saturated carbocycles. The fourth-order valence-corrected chi connectivity index (χ4v) is 5.37. The summed E-state index contributed by atoms with van der Waals surface area (Å²) in [7, 11) is 0. The number of H-pyrrole nitrogens is 1. The van der Waals surface area contributed by atoms with E-state index in [-0.39, 0.29) is 23.8 Å². The average molecular weight is 547 g/mol. The van der Waals surface area contributed by atoms with Crippen molar-refractivity contribution in [1.29, 1.82) is 0 Å². The Labute approximate surface area is 231 Å². The Morgan fingerprint density at radius 1 is 1.21 bits per heavy atom. The van der Waals surface area contributed by atoms with Gasteiger partial charge in [-0.2, -0.15) is 5.10 Å². The Bertz CT molecular complexity index is 1450. The average Bonchev–Trinajstić information content (AvgIpc) is 3.39. The predicted molar refractivity (Wildman–Crippen MR) is 152 cm³/mol. The number of halogens is 1. The number of fused-ring (bicyclic) bond motifs is 4. The number of nitrogens with one attached hydrogen (secondary N) is 2. The molecule has 39 heavy (non-hydrogen) atoms. The molecule has 4 heterocycles. The van der Waals surface area contributed by atoms with Crippen LogP contribution in [0.2, 0.25) is 5.02 Å². The van der Waals surface area contributed by atoms with E-state index in [0.717, 1.165) is 28.8 Å². The molecule has 2 aliphatic rings. The lowest BCUT2D eigenvalue weighted by atomic mass is 9.93. The number of aromatic nitrogens is 3. The van der Waals surface area contributed by atoms with Crippen LogP contribution in [0.25, 0.3) is 16.8 Å². The molecule has 10 nitrogen and oxygen atoms in total. The molecule has 0 radical (unpaired) electrons. The molecule has 0 spiro atoms. The number of carbonyl (C=O) groups is 2. The lowest BCUT2D eigenvalue weighted by Gasteiger charge is -2.35. The Morgan fingerprint density at radius 2 is 2.05 bits per heavy atom. The van der Waals surface area contributed by atoms with Gasteiger partial charge in [-0.25, -0.2) is 5.84 Å². The van der Waals surface area contributed by atoms with E-state index in [0.29, 0.717) is 47.9 Å². The smallest absolute Gasteiger partial charge is 0.247 e. The largest absolute Gasteiger partial charge is 0.403 e. The van der Waals surface area contributed by atoms with Crippen molar-refractivity contribution in [1.82, 2.24) is 20.1 Å². The molecule has 5 rings (SSSR count). The molecule has 6 N–H and O–H groups in total. The van der Waals surface area contributed by atoms with Crippen molar-refractivity contribution in [2.24, 2.45) is 17.5 Å². The minimum Gasteiger partial charge on any atom is -0.403 e. The summed E-state index contributed by atoms with van der Waals surface area (Å²) in [5.74, 6) is 5.81. The summed E-state index contributed by atoms with van der Waals surface area (Å²) in [5, 5.41) is 12.1. The highest BCUT2D eigenvalue weighted by Gasteiger charge is 2.30. The summed E-state index contributed by atoms with van der Waals surface area (Å²) < 4.78 is 0. The highest BCUT2D eigenvalue weighted by Crippen LogP contribution is 2.37. The van der Waals surface area contributed by atoms with Crippen molar-refractivity contribution >= 4 is 40.4 Å². The molecule has 0 saturated heterocycles. The molecule has 2 aromatic heterocycles. The van der Waals surface area contributed by atoms with Gasteiger partial charge in [0, 0.05) is 53.3 Å². The molecule has 0 fully saturated rings. The Kier molecular flexibility index (Phi) is 7.67. The SMILES string of the molecule is C[C@@H]1CCC[C@H](N2CCC(c3cc(Cl)ccc3N(N)/C=C\N)=CC2=O)c2cc(ccn2)-c2[nH]ncc2NC1=O. The lowest BCUT2D eigenvalue weighted by molar-refractivity contribution is -0.129. The number of hydrogen-bond acceptors (Lipinski definition) is 7. The zero-order valence-corrected chi connectivity index (χ0v) is 22.4. The summed E-state index contributed by atoms with van der Waals surface area (Å²) in [6.07, 6.45) is 10.6. The van der Waals surface area contributed by atoms with Gasteiger partial charge in [0.1, 0.15) is 0 Å². The first-order valence-electron chi connectivity index (χ1n) is 12.9. The molecule has 202 valence electrons. The number of aromatic amines is 1. The fourth-order valence-electron chi connectivity index (χ4n) is 5.20. The standard InChI is InChI=1S/C28H31ClN8O2/c1-17-3-2-4-25(22-13-19(7-10-32-22)27-23(16-33-35-27)34-28(17)39)36-11-8-18(14-26(36)38)21-15-20(29)5-6-24(21)37(31)12-9-30/h5-7,9-10,12-17,25H,2-4,8,11,30-31H2,1H3,(H,33,35)(H,34,39)/b12-9-/t17-,25+/m1/s1. The molecule has 2 bridgehead atoms. The van der Waals surface area contributed by atoms with Gasteiger partial charge in [-0.3, -0.25) is 24.7 Å². The van der Waals surface area contributed by atoms with Crippen LogP contribution in [0.5, 0.6) is 0 Å². The van der Waals surface area contributed by atoms with Crippen molar-refractivity contribution in [2.75, 3.05) is 16.9 Å². The van der Waals surface area contributed by atoms with Gasteiger partial charge >= 0.3 is 0 Å². The summed E-state index contributed by atoms with van der Waals surface area (Å²) in [6, 6.07) is 8.94. The number of nitrogens with two attached hydrogens (primary N) is 2. The van der Waals surface area contributed by atoms with Gasteiger partial charge in [0.15, 0.2) is 0 Å². The van der Waals surface area contributed by atoms with Gasteiger partial charge in [0.25, 0.3) is 0 Å². The predicted octanol–water partition coefficient (Wildman–Crippen LogP) is 4.35. The fraction of sp³-hybridized carbons (Fsp3) is 0.286. The lowest BCUT2D eigenvalue weighted by Crippen LogP contribution is -2.38. The number of carbonyl (C=O) groups excluding carboxylic acids is 2. The molecule has 0 unspecified atom stereocenters. The van der Waals surface area contributed by atoms with E-state index in [1.165, 1.54) is 11.2 Å². The molecule has 2 aliphatic heterocycles. The third kappa shape index (κ3) is 5.52. The minimum atomic E-state index is -0.249. The maximum absolute atomic E-state index is 13.6. The van der Waals surface area contributed by atoms with Gasteiger partial charge in [-0.15, -0.1) is 0 Å². The number of hydrogen-bond donors (Lipinski definition) is 4. The highest BCUT2D eigenvalue weighted by molar-refractivity contribution is 6.31. The molecule has 11 heteroatoms. The van der Waals surface area contributed by atoms with E-state index in [9.17, 15) is 9.59 Å². The molecule has 2 amide bonds. The molecule has 1 aromatic carbocycles. The van der Waals surface area contributed by atoms with E-state index < -0.39 is 0 Å². The van der Waals surface area contributed by atoms with Crippen molar-refractivity contribution in [3.8, 4) is 11.3 Å². The van der Waals surface area contributed by atoms with E-state index in [1.807, 2.05) is 30.0 Å². The Morgan fingerprint density at radius 3 is 2.85 bits per heavy atom. The van der Waals surface area contributed by atoms with Crippen molar-refractivity contribution in [2.45, 2.75) is 38.6 Å². The first-order chi connectivity index (χ1) is 18.9. The van der Waals surface area contributed by atoms with Crippen molar-refractivity contribution < 1.29 is 9.59 Å². The first-order valence-corrected chi connectivity index (χ1v) is 13.3. The third-order valence-corrected chi connectivity index (χ3v) is 7.51. The first kappa shape index (κ1) is 26.5. The van der Waals surface area contributed by atoms with Crippen LogP contribution in [0.15, 0.2) is 61.2 Å². The zero-order valence-electron chi connectivity index (χ0n) is 21.6. The third-order valence-electron chi connectivity index (χ3n) is 7.28. The van der Waals surface area contributed by atoms with E-state index >= 15 is 0 Å². The van der Waals surface area contributed by atoms with E-state index in [1.54, 1.807) is 36.8 Å². The van der Waals surface area contributed by atoms with Crippen molar-refractivity contribution in [3.05, 3.63) is 77.5 Å². The molecule has 3 aromatic rings. The van der Waals surface area contributed by atoms with Crippen LogP contribution in [-0.4, -0.2) is 38.4 Å². The van der Waals surface area contributed by atoms with E-state index in [4.69, 9.17) is 23.2 Å². The van der Waals surface area contributed by atoms with Gasteiger partial charge < -0.3 is 16.0 Å². The van der Waals surface area contributed by atoms with Crippen LogP contribution in [-0.2, 0) is 9.59 Å². The van der Waals surface area contributed by atoms with E-state index in [2.05, 4.69) is 20.5 Å². The molecule has 2 atom stereocenters. The summed E-state index contributed by atoms with van der Waals surface area (Å²) in [6.45, 7) is 2.41. The number of benzene rings is 1. The quantitative estimate of drug-likeness (QED) is 0.281. The second-order valence-electron chi connectivity index (χ2n) is 9.83. The van der Waals surface area contributed by atoms with Crippen LogP contribution in [0.3, 0.4) is 0 Å². The van der Waals surface area contributed by atoms with Gasteiger partial charge in [0.2, 0.25) is 11.8 Å². The van der Waals surface area contributed by atoms with Crippen LogP contribution < -0.4 is 21.9 Å². The number of pyridine rings is 1. The minimum absolute atomic E-state index is 0.0542. The summed E-state index contributed by atoms with van der Waals surface area (Å²) in [4.78, 5) is 33.0. The van der Waals surface area contributed by atoms with Crippen LogP contribution in [0, 0.1) is 5.92 Å². The maximum Gasteiger partial charge on any atom is 0.247 e. The highest BCUT2D eigenvalue weighted by atomic mass is 35.5. The van der Waals surface area contributed by atoms with Gasteiger partial charge in [-0.05, 0) is 55.2 Å². The number of amides is 2. The number of nitrogens with zero attached hydrogens (tertiary/aromatic N) is 4. The zero-order chi connectivity index (χ0) is 27.5. The van der Waals surface area contributed by atoms with Gasteiger partial charge in [-0.1, -0.05) is 24.9 Å². The topological polar surface area (TPSA) is 146 Å².